The van der Waals surface area contributed by atoms with E-state index in [9.17, 15) is 4.79 Å². The van der Waals surface area contributed by atoms with Gasteiger partial charge < -0.3 is 10.5 Å². The van der Waals surface area contributed by atoms with Gasteiger partial charge in [0.1, 0.15) is 17.4 Å². The molecule has 26 heavy (non-hydrogen) atoms. The van der Waals surface area contributed by atoms with Crippen LogP contribution in [-0.2, 0) is 4.79 Å². The van der Waals surface area contributed by atoms with E-state index in [0.717, 1.165) is 31.5 Å². The van der Waals surface area contributed by atoms with Gasteiger partial charge in [0.05, 0.1) is 0 Å². The maximum Gasteiger partial charge on any atom is 0.328 e. The third-order valence-electron chi connectivity index (χ3n) is 4.43. The van der Waals surface area contributed by atoms with Gasteiger partial charge in [0.25, 0.3) is 0 Å². The molecule has 1 fully saturated rings. The zero-order chi connectivity index (χ0) is 18.5. The number of nitrogens with zero attached hydrogens (tertiary/aromatic N) is 4. The molecule has 7 heteroatoms. The molecule has 3 rings (SSSR count). The van der Waals surface area contributed by atoms with Crippen molar-refractivity contribution < 1.29 is 9.53 Å². The summed E-state index contributed by atoms with van der Waals surface area (Å²) >= 11 is 0. The number of likely N-dealkylation sites (N-methyl/N-ethyl adjacent to an activating group) is 1. The van der Waals surface area contributed by atoms with Gasteiger partial charge in [-0.2, -0.15) is 0 Å². The van der Waals surface area contributed by atoms with Gasteiger partial charge in [-0.05, 0) is 57.6 Å². The normalized spacial score (nSPS) is 18.2. The molecular formula is C19H23N5O2. The second-order valence-electron chi connectivity index (χ2n) is 6.44. The molecule has 2 N–H and O–H groups in total. The lowest BCUT2D eigenvalue weighted by atomic mass is 10.0. The molecule has 1 aliphatic heterocycles. The number of para-hydroxylation sites is 1. The van der Waals surface area contributed by atoms with Gasteiger partial charge in [-0.15, -0.1) is 10.2 Å². The summed E-state index contributed by atoms with van der Waals surface area (Å²) in [5.41, 5.74) is 7.62. The predicted molar refractivity (Wildman–Crippen MR) is 99.9 cm³/mol. The number of azo groups is 1. The number of esters is 1. The number of aryl methyl sites for hydroxylation is 1. The summed E-state index contributed by atoms with van der Waals surface area (Å²) in [5, 5.41) is 8.35. The fourth-order valence-corrected chi connectivity index (χ4v) is 2.94. The Hall–Kier alpha value is -2.80. The van der Waals surface area contributed by atoms with Crippen molar-refractivity contribution in [1.82, 2.24) is 9.88 Å². The molecule has 0 radical (unpaired) electrons. The molecule has 2 heterocycles. The zero-order valence-corrected chi connectivity index (χ0v) is 15.1. The SMILES string of the molecule is Cc1ccc(N=Nc2ccccc2OC(=O)C2CCCCN2C)c(N)n1. The highest BCUT2D eigenvalue weighted by molar-refractivity contribution is 5.79. The van der Waals surface area contributed by atoms with Crippen LogP contribution in [0.25, 0.3) is 0 Å². The number of nitrogens with two attached hydrogens (primary N) is 1. The Labute approximate surface area is 152 Å². The van der Waals surface area contributed by atoms with Crippen LogP contribution in [0.1, 0.15) is 25.0 Å². The zero-order valence-electron chi connectivity index (χ0n) is 15.1. The Balaban J connectivity index is 1.77. The molecule has 136 valence electrons. The van der Waals surface area contributed by atoms with Crippen molar-refractivity contribution in [2.24, 2.45) is 10.2 Å². The number of pyridine rings is 1. The number of ether oxygens (including phenoxy) is 1. The van der Waals surface area contributed by atoms with Crippen LogP contribution >= 0.6 is 0 Å². The van der Waals surface area contributed by atoms with E-state index in [2.05, 4.69) is 15.2 Å². The number of aromatic nitrogens is 1. The molecule has 1 unspecified atom stereocenters. The minimum absolute atomic E-state index is 0.217. The number of nitrogen functional groups attached to an aromatic ring is 1. The fraction of sp³-hybridized carbons (Fsp3) is 0.368. The largest absolute Gasteiger partial charge is 0.423 e. The summed E-state index contributed by atoms with van der Waals surface area (Å²) in [6.07, 6.45) is 2.95. The average Bonchev–Trinajstić information content (AvgIpc) is 2.62. The summed E-state index contributed by atoms with van der Waals surface area (Å²) in [6.45, 7) is 2.76. The van der Waals surface area contributed by atoms with E-state index < -0.39 is 0 Å². The fourth-order valence-electron chi connectivity index (χ4n) is 2.94. The summed E-state index contributed by atoms with van der Waals surface area (Å²) in [6, 6.07) is 10.4. The van der Waals surface area contributed by atoms with Crippen molar-refractivity contribution in [3.05, 3.63) is 42.1 Å². The van der Waals surface area contributed by atoms with Crippen molar-refractivity contribution in [2.45, 2.75) is 32.2 Å². The van der Waals surface area contributed by atoms with Gasteiger partial charge >= 0.3 is 5.97 Å². The Bertz CT molecular complexity index is 821. The number of anilines is 1. The molecule has 1 saturated heterocycles. The molecular weight excluding hydrogens is 330 g/mol. The first-order valence-corrected chi connectivity index (χ1v) is 8.70. The highest BCUT2D eigenvalue weighted by Crippen LogP contribution is 2.31. The summed E-state index contributed by atoms with van der Waals surface area (Å²) in [5.74, 6) is 0.442. The van der Waals surface area contributed by atoms with Crippen molar-refractivity contribution >= 4 is 23.2 Å². The minimum Gasteiger partial charge on any atom is -0.423 e. The lowest BCUT2D eigenvalue weighted by Gasteiger charge is -2.30. The van der Waals surface area contributed by atoms with Gasteiger partial charge in [-0.1, -0.05) is 18.6 Å². The molecule has 1 aliphatic rings. The lowest BCUT2D eigenvalue weighted by molar-refractivity contribution is -0.141. The molecule has 0 spiro atoms. The second-order valence-corrected chi connectivity index (χ2v) is 6.44. The maximum atomic E-state index is 12.5. The Kier molecular flexibility index (Phi) is 5.58. The molecule has 0 aliphatic carbocycles. The highest BCUT2D eigenvalue weighted by Gasteiger charge is 2.28. The van der Waals surface area contributed by atoms with E-state index in [1.165, 1.54) is 0 Å². The van der Waals surface area contributed by atoms with Crippen molar-refractivity contribution in [3.8, 4) is 5.75 Å². The molecule has 7 nitrogen and oxygen atoms in total. The molecule has 2 aromatic rings. The first-order valence-electron chi connectivity index (χ1n) is 8.70. The topological polar surface area (TPSA) is 93.2 Å². The quantitative estimate of drug-likeness (QED) is 0.513. The van der Waals surface area contributed by atoms with Gasteiger partial charge in [0.15, 0.2) is 11.6 Å². The number of piperidine rings is 1. The monoisotopic (exact) mass is 353 g/mol. The van der Waals surface area contributed by atoms with Crippen molar-refractivity contribution in [1.29, 1.82) is 0 Å². The van der Waals surface area contributed by atoms with Crippen LogP contribution < -0.4 is 10.5 Å². The molecule has 0 amide bonds. The highest BCUT2D eigenvalue weighted by atomic mass is 16.5. The smallest absolute Gasteiger partial charge is 0.328 e. The van der Waals surface area contributed by atoms with E-state index in [-0.39, 0.29) is 12.0 Å². The van der Waals surface area contributed by atoms with E-state index >= 15 is 0 Å². The number of likely N-dealkylation sites (tertiary alicyclic amines) is 1. The average molecular weight is 353 g/mol. The van der Waals surface area contributed by atoms with E-state index in [1.54, 1.807) is 24.3 Å². The van der Waals surface area contributed by atoms with Crippen LogP contribution in [0, 0.1) is 6.92 Å². The number of hydrogen-bond acceptors (Lipinski definition) is 7. The minimum atomic E-state index is -0.258. The third kappa shape index (κ3) is 4.23. The Morgan fingerprint density at radius 2 is 1.96 bits per heavy atom. The number of benzene rings is 1. The molecule has 0 bridgehead atoms. The third-order valence-corrected chi connectivity index (χ3v) is 4.43. The Morgan fingerprint density at radius 1 is 1.19 bits per heavy atom. The van der Waals surface area contributed by atoms with Crippen LogP contribution in [0.4, 0.5) is 17.2 Å². The van der Waals surface area contributed by atoms with Gasteiger partial charge in [-0.3, -0.25) is 4.90 Å². The van der Waals surface area contributed by atoms with Crippen molar-refractivity contribution in [3.63, 3.8) is 0 Å². The van der Waals surface area contributed by atoms with Crippen LogP contribution in [0.3, 0.4) is 0 Å². The molecule has 1 aromatic carbocycles. The summed E-state index contributed by atoms with van der Waals surface area (Å²) in [4.78, 5) is 18.7. The second kappa shape index (κ2) is 8.05. The predicted octanol–water partition coefficient (Wildman–Crippen LogP) is 3.78. The number of carbonyl (C=O) groups is 1. The van der Waals surface area contributed by atoms with Crippen molar-refractivity contribution in [2.75, 3.05) is 19.3 Å². The standard InChI is InChI=1S/C19H23N5O2/c1-13-10-11-15(18(20)21-13)23-22-14-7-3-4-9-17(14)26-19(25)16-8-5-6-12-24(16)2/h3-4,7,9-11,16H,5-6,8,12H2,1-2H3,(H2,20,21). The molecule has 0 saturated carbocycles. The summed E-state index contributed by atoms with van der Waals surface area (Å²) < 4.78 is 5.61. The van der Waals surface area contributed by atoms with Gasteiger partial charge in [0.2, 0.25) is 0 Å². The first-order chi connectivity index (χ1) is 12.5. The van der Waals surface area contributed by atoms with Gasteiger partial charge in [-0.25, -0.2) is 9.78 Å². The number of carbonyl (C=O) groups excluding carboxylic acids is 1. The number of hydrogen-bond donors (Lipinski definition) is 1. The lowest BCUT2D eigenvalue weighted by Crippen LogP contribution is -2.44. The van der Waals surface area contributed by atoms with Crippen LogP contribution in [-0.4, -0.2) is 35.5 Å². The molecule has 1 atom stereocenters. The van der Waals surface area contributed by atoms with Gasteiger partial charge in [0, 0.05) is 5.69 Å². The number of rotatable bonds is 4. The first kappa shape index (κ1) is 18.0. The van der Waals surface area contributed by atoms with Crippen LogP contribution in [0.2, 0.25) is 0 Å². The summed E-state index contributed by atoms with van der Waals surface area (Å²) in [7, 11) is 1.95. The van der Waals surface area contributed by atoms with E-state index in [0.29, 0.717) is 22.9 Å². The van der Waals surface area contributed by atoms with Crippen LogP contribution in [0.15, 0.2) is 46.6 Å². The van der Waals surface area contributed by atoms with Crippen LogP contribution in [0.5, 0.6) is 5.75 Å². The Morgan fingerprint density at radius 3 is 2.73 bits per heavy atom. The molecule has 1 aromatic heterocycles. The van der Waals surface area contributed by atoms with E-state index in [1.807, 2.05) is 31.0 Å². The maximum absolute atomic E-state index is 12.5. The van der Waals surface area contributed by atoms with E-state index in [4.69, 9.17) is 10.5 Å².